The number of piperidine rings is 1. The Morgan fingerprint density at radius 3 is 2.68 bits per heavy atom. The van der Waals surface area contributed by atoms with Crippen molar-refractivity contribution in [2.24, 2.45) is 16.6 Å². The Morgan fingerprint density at radius 2 is 2.04 bits per heavy atom. The molecule has 2 amide bonds. The first kappa shape index (κ1) is 21.2. The molecule has 1 unspecified atom stereocenters. The number of guanidine groups is 1. The fraction of sp³-hybridized carbons (Fsp3) is 0.471. The van der Waals surface area contributed by atoms with Crippen LogP contribution in [0.1, 0.15) is 19.3 Å². The standard InChI is InChI=1S/C17H25N5O2.HI/c1-19-17(22-9-5-6-13(12-22)10-15(18)23)20-11-16(24)21-14-7-3-2-4-8-14;/h2-4,7-8,13H,5-6,9-12H2,1H3,(H2,18,23)(H,19,20)(H,21,24);1H. The molecule has 1 saturated heterocycles. The van der Waals surface area contributed by atoms with Crippen molar-refractivity contribution in [1.82, 2.24) is 10.2 Å². The molecule has 7 nitrogen and oxygen atoms in total. The minimum absolute atomic E-state index is 0. The molecule has 8 heteroatoms. The lowest BCUT2D eigenvalue weighted by molar-refractivity contribution is -0.119. The largest absolute Gasteiger partial charge is 0.370 e. The Labute approximate surface area is 165 Å². The number of likely N-dealkylation sites (tertiary alicyclic amines) is 1. The number of rotatable bonds is 5. The van der Waals surface area contributed by atoms with Crippen LogP contribution in [-0.4, -0.2) is 49.4 Å². The normalized spacial score (nSPS) is 17.4. The fourth-order valence-electron chi connectivity index (χ4n) is 2.93. The van der Waals surface area contributed by atoms with Crippen LogP contribution in [0, 0.1) is 5.92 Å². The lowest BCUT2D eigenvalue weighted by Gasteiger charge is -2.34. The van der Waals surface area contributed by atoms with Crippen molar-refractivity contribution in [1.29, 1.82) is 0 Å². The van der Waals surface area contributed by atoms with E-state index in [1.165, 1.54) is 0 Å². The van der Waals surface area contributed by atoms with Gasteiger partial charge >= 0.3 is 0 Å². The van der Waals surface area contributed by atoms with Crippen molar-refractivity contribution in [3.8, 4) is 0 Å². The second-order valence-corrected chi connectivity index (χ2v) is 5.94. The number of hydrogen-bond donors (Lipinski definition) is 3. The summed E-state index contributed by atoms with van der Waals surface area (Å²) in [4.78, 5) is 29.4. The van der Waals surface area contributed by atoms with Gasteiger partial charge in [0.05, 0.1) is 6.54 Å². The van der Waals surface area contributed by atoms with E-state index < -0.39 is 0 Å². The van der Waals surface area contributed by atoms with E-state index in [0.29, 0.717) is 12.4 Å². The highest BCUT2D eigenvalue weighted by Crippen LogP contribution is 2.19. The molecule has 0 aromatic heterocycles. The molecule has 1 fully saturated rings. The summed E-state index contributed by atoms with van der Waals surface area (Å²) in [6.45, 7) is 1.72. The van der Waals surface area contributed by atoms with Crippen LogP contribution in [0.4, 0.5) is 5.69 Å². The monoisotopic (exact) mass is 459 g/mol. The molecular formula is C17H26IN5O2. The second kappa shape index (κ2) is 10.9. The molecule has 1 atom stereocenters. The third kappa shape index (κ3) is 7.29. The summed E-state index contributed by atoms with van der Waals surface area (Å²) >= 11 is 0. The van der Waals surface area contributed by atoms with E-state index in [0.717, 1.165) is 31.6 Å². The molecular weight excluding hydrogens is 433 g/mol. The highest BCUT2D eigenvalue weighted by Gasteiger charge is 2.23. The maximum atomic E-state index is 12.0. The van der Waals surface area contributed by atoms with Crippen molar-refractivity contribution < 1.29 is 9.59 Å². The molecule has 25 heavy (non-hydrogen) atoms. The summed E-state index contributed by atoms with van der Waals surface area (Å²) in [5.41, 5.74) is 6.06. The topological polar surface area (TPSA) is 99.8 Å². The van der Waals surface area contributed by atoms with Gasteiger partial charge in [0.2, 0.25) is 11.8 Å². The number of aliphatic imine (C=N–C) groups is 1. The summed E-state index contributed by atoms with van der Waals surface area (Å²) in [5.74, 6) is 0.514. The smallest absolute Gasteiger partial charge is 0.243 e. The number of nitrogens with two attached hydrogens (primary N) is 1. The number of carbonyl (C=O) groups excluding carboxylic acids is 2. The molecule has 0 bridgehead atoms. The molecule has 1 aromatic rings. The fourth-order valence-corrected chi connectivity index (χ4v) is 2.93. The molecule has 2 rings (SSSR count). The van der Waals surface area contributed by atoms with Crippen molar-refractivity contribution in [2.45, 2.75) is 19.3 Å². The second-order valence-electron chi connectivity index (χ2n) is 5.94. The quantitative estimate of drug-likeness (QED) is 0.352. The molecule has 1 aliphatic rings. The van der Waals surface area contributed by atoms with E-state index in [1.807, 2.05) is 30.3 Å². The third-order valence-electron chi connectivity index (χ3n) is 3.98. The first-order chi connectivity index (χ1) is 11.6. The average Bonchev–Trinajstić information content (AvgIpc) is 2.56. The Bertz CT molecular complexity index is 594. The number of carbonyl (C=O) groups is 2. The molecule has 1 aliphatic heterocycles. The van der Waals surface area contributed by atoms with Crippen LogP contribution >= 0.6 is 24.0 Å². The van der Waals surface area contributed by atoms with Gasteiger partial charge in [0.25, 0.3) is 0 Å². The van der Waals surface area contributed by atoms with E-state index in [-0.39, 0.29) is 48.3 Å². The SMILES string of the molecule is CN=C(NCC(=O)Nc1ccccc1)N1CCCC(CC(N)=O)C1.I. The number of nitrogens with one attached hydrogen (secondary N) is 2. The van der Waals surface area contributed by atoms with Crippen LogP contribution in [0.5, 0.6) is 0 Å². The number of amides is 2. The maximum Gasteiger partial charge on any atom is 0.243 e. The predicted octanol–water partition coefficient (Wildman–Crippen LogP) is 1.41. The van der Waals surface area contributed by atoms with Crippen LogP contribution in [0.25, 0.3) is 0 Å². The highest BCUT2D eigenvalue weighted by atomic mass is 127. The van der Waals surface area contributed by atoms with Gasteiger partial charge in [-0.3, -0.25) is 14.6 Å². The van der Waals surface area contributed by atoms with E-state index in [9.17, 15) is 9.59 Å². The number of benzene rings is 1. The number of halogens is 1. The van der Waals surface area contributed by atoms with Gasteiger partial charge in [0.1, 0.15) is 0 Å². The van der Waals surface area contributed by atoms with Crippen molar-refractivity contribution in [3.05, 3.63) is 30.3 Å². The van der Waals surface area contributed by atoms with Gasteiger partial charge in [0, 0.05) is 32.2 Å². The lowest BCUT2D eigenvalue weighted by atomic mass is 9.95. The average molecular weight is 459 g/mol. The van der Waals surface area contributed by atoms with Gasteiger partial charge in [-0.2, -0.15) is 0 Å². The molecule has 0 spiro atoms. The summed E-state index contributed by atoms with van der Waals surface area (Å²) < 4.78 is 0. The Balaban J connectivity index is 0.00000312. The number of hydrogen-bond acceptors (Lipinski definition) is 3. The summed E-state index contributed by atoms with van der Waals surface area (Å²) in [6.07, 6.45) is 2.36. The minimum atomic E-state index is -0.271. The van der Waals surface area contributed by atoms with E-state index in [1.54, 1.807) is 7.05 Å². The van der Waals surface area contributed by atoms with Gasteiger partial charge in [-0.05, 0) is 30.9 Å². The summed E-state index contributed by atoms with van der Waals surface area (Å²) in [6, 6.07) is 9.31. The van der Waals surface area contributed by atoms with Gasteiger partial charge in [-0.15, -0.1) is 24.0 Å². The van der Waals surface area contributed by atoms with Crippen molar-refractivity contribution in [2.75, 3.05) is 32.0 Å². The number of para-hydroxylation sites is 1. The highest BCUT2D eigenvalue weighted by molar-refractivity contribution is 14.0. The molecule has 0 aliphatic carbocycles. The van der Waals surface area contributed by atoms with Gasteiger partial charge in [-0.25, -0.2) is 0 Å². The zero-order chi connectivity index (χ0) is 17.4. The summed E-state index contributed by atoms with van der Waals surface area (Å²) in [7, 11) is 1.69. The van der Waals surface area contributed by atoms with Crippen LogP contribution in [0.3, 0.4) is 0 Å². The molecule has 0 radical (unpaired) electrons. The third-order valence-corrected chi connectivity index (χ3v) is 3.98. The maximum absolute atomic E-state index is 12.0. The Kier molecular flexibility index (Phi) is 9.25. The van der Waals surface area contributed by atoms with E-state index >= 15 is 0 Å². The van der Waals surface area contributed by atoms with Crippen LogP contribution < -0.4 is 16.4 Å². The Hall–Kier alpha value is -1.84. The lowest BCUT2D eigenvalue weighted by Crippen LogP contribution is -2.48. The van der Waals surface area contributed by atoms with Crippen LogP contribution in [-0.2, 0) is 9.59 Å². The van der Waals surface area contributed by atoms with Crippen molar-refractivity contribution in [3.63, 3.8) is 0 Å². The molecule has 4 N–H and O–H groups in total. The predicted molar refractivity (Wildman–Crippen MR) is 110 cm³/mol. The minimum Gasteiger partial charge on any atom is -0.370 e. The van der Waals surface area contributed by atoms with Crippen LogP contribution in [0.15, 0.2) is 35.3 Å². The molecule has 0 saturated carbocycles. The first-order valence-electron chi connectivity index (χ1n) is 8.17. The van der Waals surface area contributed by atoms with E-state index in [4.69, 9.17) is 5.73 Å². The first-order valence-corrected chi connectivity index (χ1v) is 8.17. The Morgan fingerprint density at radius 1 is 1.32 bits per heavy atom. The number of anilines is 1. The van der Waals surface area contributed by atoms with E-state index in [2.05, 4.69) is 20.5 Å². The molecule has 138 valence electrons. The molecule has 1 aromatic carbocycles. The molecule has 1 heterocycles. The summed E-state index contributed by atoms with van der Waals surface area (Å²) in [5, 5.41) is 5.90. The number of nitrogens with zero attached hydrogens (tertiary/aromatic N) is 2. The number of primary amides is 1. The van der Waals surface area contributed by atoms with Gasteiger partial charge < -0.3 is 21.3 Å². The van der Waals surface area contributed by atoms with Gasteiger partial charge in [0.15, 0.2) is 5.96 Å². The zero-order valence-electron chi connectivity index (χ0n) is 14.4. The van der Waals surface area contributed by atoms with Crippen molar-refractivity contribution >= 4 is 47.4 Å². The van der Waals surface area contributed by atoms with Gasteiger partial charge in [-0.1, -0.05) is 18.2 Å². The van der Waals surface area contributed by atoms with Crippen LogP contribution in [0.2, 0.25) is 0 Å². The zero-order valence-corrected chi connectivity index (χ0v) is 16.7.